The Hall–Kier alpha value is -0.920. The first kappa shape index (κ1) is 13.1. The second-order valence-corrected chi connectivity index (χ2v) is 7.13. The van der Waals surface area contributed by atoms with Gasteiger partial charge < -0.3 is 9.88 Å². The molecule has 0 aliphatic carbocycles. The van der Waals surface area contributed by atoms with Gasteiger partial charge in [0.15, 0.2) is 5.03 Å². The highest BCUT2D eigenvalue weighted by molar-refractivity contribution is 7.89. The van der Waals surface area contributed by atoms with Gasteiger partial charge in [-0.2, -0.15) is 0 Å². The summed E-state index contributed by atoms with van der Waals surface area (Å²) in [6.07, 6.45) is 5.02. The van der Waals surface area contributed by atoms with Gasteiger partial charge in [0.1, 0.15) is 5.82 Å². The summed E-state index contributed by atoms with van der Waals surface area (Å²) in [5.41, 5.74) is 0. The second-order valence-electron chi connectivity index (χ2n) is 5.47. The van der Waals surface area contributed by atoms with Gasteiger partial charge in [-0.05, 0) is 32.7 Å². The summed E-state index contributed by atoms with van der Waals surface area (Å²) in [5, 5.41) is 3.65. The van der Waals surface area contributed by atoms with Crippen molar-refractivity contribution in [3.05, 3.63) is 12.0 Å². The van der Waals surface area contributed by atoms with Crippen LogP contribution in [0.3, 0.4) is 0 Å². The third-order valence-electron chi connectivity index (χ3n) is 3.90. The monoisotopic (exact) mass is 284 g/mol. The standard InChI is InChI=1S/C12H20N4O2S/c1-9-7-10(4-5-13-9)15-19(17,18)12-8-14-11-3-2-6-16(11)12/h8-10,13,15H,2-7H2,1H3. The predicted molar refractivity (Wildman–Crippen MR) is 71.4 cm³/mol. The Morgan fingerprint density at radius 3 is 3.16 bits per heavy atom. The topological polar surface area (TPSA) is 76.0 Å². The molecule has 1 fully saturated rings. The van der Waals surface area contributed by atoms with E-state index in [4.69, 9.17) is 0 Å². The molecule has 2 aliphatic heterocycles. The lowest BCUT2D eigenvalue weighted by molar-refractivity contribution is 0.361. The highest BCUT2D eigenvalue weighted by atomic mass is 32.2. The molecule has 1 saturated heterocycles. The van der Waals surface area contributed by atoms with Crippen LogP contribution < -0.4 is 10.0 Å². The van der Waals surface area contributed by atoms with Crippen LogP contribution >= 0.6 is 0 Å². The molecule has 0 aromatic carbocycles. The molecular weight excluding hydrogens is 264 g/mol. The molecule has 2 N–H and O–H groups in total. The number of fused-ring (bicyclic) bond motifs is 1. The van der Waals surface area contributed by atoms with E-state index in [1.165, 1.54) is 6.20 Å². The van der Waals surface area contributed by atoms with Crippen molar-refractivity contribution in [2.75, 3.05) is 6.54 Å². The first-order valence-corrected chi connectivity index (χ1v) is 8.35. The van der Waals surface area contributed by atoms with Gasteiger partial charge in [0, 0.05) is 25.0 Å². The minimum Gasteiger partial charge on any atom is -0.318 e. The third kappa shape index (κ3) is 2.54. The number of nitrogens with one attached hydrogen (secondary N) is 2. The number of piperidine rings is 1. The molecule has 106 valence electrons. The van der Waals surface area contributed by atoms with Crippen LogP contribution in [0.15, 0.2) is 11.2 Å². The van der Waals surface area contributed by atoms with E-state index in [2.05, 4.69) is 21.9 Å². The number of sulfonamides is 1. The van der Waals surface area contributed by atoms with Gasteiger partial charge in [0.25, 0.3) is 10.0 Å². The van der Waals surface area contributed by atoms with E-state index < -0.39 is 10.0 Å². The number of nitrogens with zero attached hydrogens (tertiary/aromatic N) is 2. The summed E-state index contributed by atoms with van der Waals surface area (Å²) >= 11 is 0. The van der Waals surface area contributed by atoms with E-state index in [0.717, 1.165) is 44.6 Å². The number of aryl methyl sites for hydroxylation is 1. The molecule has 2 aliphatic rings. The summed E-state index contributed by atoms with van der Waals surface area (Å²) in [6.45, 7) is 3.70. The SMILES string of the molecule is CC1CC(NS(=O)(=O)c2cnc3n2CCC3)CCN1. The molecule has 1 aromatic heterocycles. The minimum absolute atomic E-state index is 0.0220. The van der Waals surface area contributed by atoms with E-state index >= 15 is 0 Å². The summed E-state index contributed by atoms with van der Waals surface area (Å²) in [4.78, 5) is 4.20. The molecule has 3 rings (SSSR count). The molecule has 0 spiro atoms. The van der Waals surface area contributed by atoms with Crippen LogP contribution in [-0.4, -0.2) is 36.6 Å². The molecular formula is C12H20N4O2S. The van der Waals surface area contributed by atoms with E-state index in [9.17, 15) is 8.42 Å². The maximum atomic E-state index is 12.4. The highest BCUT2D eigenvalue weighted by Gasteiger charge is 2.29. The summed E-state index contributed by atoms with van der Waals surface area (Å²) in [7, 11) is -3.44. The van der Waals surface area contributed by atoms with Crippen LogP contribution in [0.25, 0.3) is 0 Å². The quantitative estimate of drug-likeness (QED) is 0.834. The van der Waals surface area contributed by atoms with Gasteiger partial charge in [-0.15, -0.1) is 0 Å². The maximum Gasteiger partial charge on any atom is 0.258 e. The molecule has 0 radical (unpaired) electrons. The van der Waals surface area contributed by atoms with Gasteiger partial charge in [0.2, 0.25) is 0 Å². The largest absolute Gasteiger partial charge is 0.318 e. The molecule has 0 saturated carbocycles. The Morgan fingerprint density at radius 2 is 2.37 bits per heavy atom. The summed E-state index contributed by atoms with van der Waals surface area (Å²) in [6, 6.07) is 0.381. The van der Waals surface area contributed by atoms with Crippen LogP contribution in [0.2, 0.25) is 0 Å². The minimum atomic E-state index is -3.44. The van der Waals surface area contributed by atoms with Crippen molar-refractivity contribution in [2.45, 2.75) is 56.3 Å². The van der Waals surface area contributed by atoms with E-state index in [1.807, 2.05) is 4.57 Å². The second kappa shape index (κ2) is 4.88. The summed E-state index contributed by atoms with van der Waals surface area (Å²) < 4.78 is 29.5. The van der Waals surface area contributed by atoms with Crippen molar-refractivity contribution >= 4 is 10.0 Å². The molecule has 19 heavy (non-hydrogen) atoms. The van der Waals surface area contributed by atoms with Crippen LogP contribution in [0.5, 0.6) is 0 Å². The Balaban J connectivity index is 1.79. The maximum absolute atomic E-state index is 12.4. The summed E-state index contributed by atoms with van der Waals surface area (Å²) in [5.74, 6) is 0.888. The Bertz CT molecular complexity index is 566. The lowest BCUT2D eigenvalue weighted by atomic mass is 10.0. The molecule has 2 atom stereocenters. The van der Waals surface area contributed by atoms with Crippen LogP contribution in [0, 0.1) is 0 Å². The molecule has 0 bridgehead atoms. The fourth-order valence-corrected chi connectivity index (χ4v) is 4.42. The van der Waals surface area contributed by atoms with Gasteiger partial charge in [-0.1, -0.05) is 0 Å². The number of hydrogen-bond acceptors (Lipinski definition) is 4. The van der Waals surface area contributed by atoms with Crippen molar-refractivity contribution in [3.63, 3.8) is 0 Å². The van der Waals surface area contributed by atoms with Gasteiger partial charge in [-0.25, -0.2) is 18.1 Å². The Morgan fingerprint density at radius 1 is 1.53 bits per heavy atom. The Kier molecular flexibility index (Phi) is 3.36. The fourth-order valence-electron chi connectivity index (χ4n) is 2.96. The zero-order chi connectivity index (χ0) is 13.5. The van der Waals surface area contributed by atoms with Crippen molar-refractivity contribution in [3.8, 4) is 0 Å². The molecule has 1 aromatic rings. The molecule has 6 nitrogen and oxygen atoms in total. The van der Waals surface area contributed by atoms with Crippen LogP contribution in [0.4, 0.5) is 0 Å². The van der Waals surface area contributed by atoms with Crippen molar-refractivity contribution in [1.82, 2.24) is 19.6 Å². The zero-order valence-corrected chi connectivity index (χ0v) is 11.9. The van der Waals surface area contributed by atoms with Crippen LogP contribution in [0.1, 0.15) is 32.0 Å². The lowest BCUT2D eigenvalue weighted by Crippen LogP contribution is -2.46. The zero-order valence-electron chi connectivity index (χ0n) is 11.1. The number of aromatic nitrogens is 2. The lowest BCUT2D eigenvalue weighted by Gasteiger charge is -2.28. The average molecular weight is 284 g/mol. The Labute approximate surface area is 113 Å². The number of hydrogen-bond donors (Lipinski definition) is 2. The highest BCUT2D eigenvalue weighted by Crippen LogP contribution is 2.21. The normalized spacial score (nSPS) is 27.4. The van der Waals surface area contributed by atoms with E-state index in [-0.39, 0.29) is 6.04 Å². The molecule has 0 amide bonds. The fraction of sp³-hybridized carbons (Fsp3) is 0.750. The smallest absolute Gasteiger partial charge is 0.258 e. The average Bonchev–Trinajstić information content (AvgIpc) is 2.88. The molecule has 7 heteroatoms. The van der Waals surface area contributed by atoms with Crippen molar-refractivity contribution in [2.24, 2.45) is 0 Å². The first-order valence-electron chi connectivity index (χ1n) is 6.86. The predicted octanol–water partition coefficient (Wildman–Crippen LogP) is 0.248. The van der Waals surface area contributed by atoms with Crippen LogP contribution in [-0.2, 0) is 23.0 Å². The third-order valence-corrected chi connectivity index (χ3v) is 5.42. The molecule has 2 unspecified atom stereocenters. The first-order chi connectivity index (χ1) is 9.06. The number of imidazole rings is 1. The van der Waals surface area contributed by atoms with Crippen molar-refractivity contribution < 1.29 is 8.42 Å². The van der Waals surface area contributed by atoms with Gasteiger partial charge in [-0.3, -0.25) is 0 Å². The molecule has 3 heterocycles. The van der Waals surface area contributed by atoms with E-state index in [1.54, 1.807) is 0 Å². The van der Waals surface area contributed by atoms with E-state index in [0.29, 0.717) is 11.1 Å². The van der Waals surface area contributed by atoms with Gasteiger partial charge in [0.05, 0.1) is 6.20 Å². The van der Waals surface area contributed by atoms with Gasteiger partial charge >= 0.3 is 0 Å². The number of rotatable bonds is 3. The van der Waals surface area contributed by atoms with Crippen molar-refractivity contribution in [1.29, 1.82) is 0 Å².